The molecule has 0 spiro atoms. The maximum Gasteiger partial charge on any atom is 0.172 e. The highest BCUT2D eigenvalue weighted by atomic mass is 31.2. The van der Waals surface area contributed by atoms with Crippen molar-refractivity contribution in [2.24, 2.45) is 0 Å². The van der Waals surface area contributed by atoms with E-state index in [2.05, 4.69) is 102 Å². The minimum absolute atomic E-state index is 0.852. The third kappa shape index (κ3) is 4.46. The third-order valence-electron chi connectivity index (χ3n) is 7.50. The summed E-state index contributed by atoms with van der Waals surface area (Å²) in [5, 5.41) is 2.62. The smallest absolute Gasteiger partial charge is 0.172 e. The van der Waals surface area contributed by atoms with E-state index in [4.69, 9.17) is 0 Å². The molecule has 1 nitrogen and oxygen atoms in total. The van der Waals surface area contributed by atoms with Gasteiger partial charge in [-0.2, -0.15) is 0 Å². The Hall–Kier alpha value is -3.67. The molecule has 5 aromatic carbocycles. The lowest BCUT2D eigenvalue weighted by Crippen LogP contribution is -2.28. The molecule has 0 aliphatic rings. The Morgan fingerprint density at radius 2 is 0.789 bits per heavy atom. The summed E-state index contributed by atoms with van der Waals surface area (Å²) in [6, 6.07) is 35.5. The largest absolute Gasteiger partial charge is 0.309 e. The zero-order valence-corrected chi connectivity index (χ0v) is 24.1. The Balaban J connectivity index is 1.89. The van der Waals surface area contributed by atoms with E-state index < -0.39 is 7.14 Å². The van der Waals surface area contributed by atoms with E-state index in [1.165, 1.54) is 44.5 Å². The molecule has 0 fully saturated rings. The van der Waals surface area contributed by atoms with Crippen LogP contribution in [0.1, 0.15) is 33.4 Å². The second-order valence-corrected chi connectivity index (χ2v) is 13.2. The molecule has 0 saturated heterocycles. The van der Waals surface area contributed by atoms with Crippen molar-refractivity contribution in [3.63, 3.8) is 0 Å². The van der Waals surface area contributed by atoms with E-state index in [-0.39, 0.29) is 0 Å². The van der Waals surface area contributed by atoms with Crippen molar-refractivity contribution in [3.05, 3.63) is 137 Å². The first-order chi connectivity index (χ1) is 18.2. The molecule has 38 heavy (non-hydrogen) atoms. The summed E-state index contributed by atoms with van der Waals surface area (Å²) in [5.74, 6) is 0. The van der Waals surface area contributed by atoms with Crippen molar-refractivity contribution in [1.29, 1.82) is 0 Å². The summed E-state index contributed by atoms with van der Waals surface area (Å²) in [6.45, 7) is 12.9. The van der Waals surface area contributed by atoms with Crippen LogP contribution in [0.5, 0.6) is 0 Å². The van der Waals surface area contributed by atoms with E-state index in [1.807, 2.05) is 42.5 Å². The van der Waals surface area contributed by atoms with Crippen LogP contribution in [-0.2, 0) is 4.57 Å². The van der Waals surface area contributed by atoms with Gasteiger partial charge in [-0.05, 0) is 86.1 Å². The topological polar surface area (TPSA) is 17.1 Å². The number of benzene rings is 5. The molecule has 190 valence electrons. The summed E-state index contributed by atoms with van der Waals surface area (Å²) < 4.78 is 16.0. The Labute approximate surface area is 227 Å². The first kappa shape index (κ1) is 26.0. The van der Waals surface area contributed by atoms with Gasteiger partial charge < -0.3 is 4.57 Å². The first-order valence-electron chi connectivity index (χ1n) is 13.2. The monoisotopic (exact) mass is 514 g/mol. The molecule has 0 N–H and O–H groups in total. The molecule has 0 unspecified atom stereocenters. The van der Waals surface area contributed by atoms with E-state index in [1.54, 1.807) is 0 Å². The van der Waals surface area contributed by atoms with Crippen LogP contribution in [0.15, 0.2) is 103 Å². The summed E-state index contributed by atoms with van der Waals surface area (Å²) in [4.78, 5) is 0. The summed E-state index contributed by atoms with van der Waals surface area (Å²) >= 11 is 0. The van der Waals surface area contributed by atoms with Crippen LogP contribution in [0.25, 0.3) is 22.3 Å². The molecule has 0 amide bonds. The Bertz CT molecular complexity index is 1540. The highest BCUT2D eigenvalue weighted by Gasteiger charge is 2.35. The SMILES string of the molecule is Cc1cc(C)c(-c2ccccc2P(=O)(c2ccccc2)c2ccccc2-c2c(C)cc(C)cc2C)c(C)c1. The Morgan fingerprint density at radius 1 is 0.447 bits per heavy atom. The van der Waals surface area contributed by atoms with Crippen LogP contribution >= 0.6 is 7.14 Å². The average Bonchev–Trinajstić information content (AvgIpc) is 2.88. The molecule has 5 rings (SSSR count). The lowest BCUT2D eigenvalue weighted by molar-refractivity contribution is 0.592. The van der Waals surface area contributed by atoms with Gasteiger partial charge in [0.05, 0.1) is 0 Å². The van der Waals surface area contributed by atoms with Crippen molar-refractivity contribution in [3.8, 4) is 22.3 Å². The van der Waals surface area contributed by atoms with Crippen LogP contribution in [0.2, 0.25) is 0 Å². The van der Waals surface area contributed by atoms with Gasteiger partial charge in [-0.1, -0.05) is 114 Å². The molecule has 0 aliphatic carbocycles. The number of hydrogen-bond acceptors (Lipinski definition) is 1. The molecule has 0 aromatic heterocycles. The van der Waals surface area contributed by atoms with E-state index in [0.29, 0.717) is 0 Å². The summed E-state index contributed by atoms with van der Waals surface area (Å²) in [5.41, 5.74) is 11.7. The van der Waals surface area contributed by atoms with Crippen molar-refractivity contribution in [2.45, 2.75) is 41.5 Å². The molecule has 0 bridgehead atoms. The lowest BCUT2D eigenvalue weighted by atomic mass is 9.94. The van der Waals surface area contributed by atoms with Crippen LogP contribution in [0.4, 0.5) is 0 Å². The molecule has 0 heterocycles. The van der Waals surface area contributed by atoms with Gasteiger partial charge in [0, 0.05) is 15.9 Å². The van der Waals surface area contributed by atoms with Crippen LogP contribution in [0.3, 0.4) is 0 Å². The van der Waals surface area contributed by atoms with Gasteiger partial charge >= 0.3 is 0 Å². The van der Waals surface area contributed by atoms with Crippen LogP contribution in [-0.4, -0.2) is 0 Å². The molecular formula is C36H35OP. The second-order valence-electron chi connectivity index (χ2n) is 10.5. The lowest BCUT2D eigenvalue weighted by Gasteiger charge is -2.27. The van der Waals surface area contributed by atoms with Crippen molar-refractivity contribution in [1.82, 2.24) is 0 Å². The van der Waals surface area contributed by atoms with Crippen LogP contribution in [0, 0.1) is 41.5 Å². The molecule has 0 radical (unpaired) electrons. The average molecular weight is 515 g/mol. The summed E-state index contributed by atoms with van der Waals surface area (Å²) in [6.07, 6.45) is 0. The van der Waals surface area contributed by atoms with Gasteiger partial charge in [-0.25, -0.2) is 0 Å². The van der Waals surface area contributed by atoms with Crippen LogP contribution < -0.4 is 15.9 Å². The molecule has 2 heteroatoms. The first-order valence-corrected chi connectivity index (χ1v) is 14.9. The summed E-state index contributed by atoms with van der Waals surface area (Å²) in [7, 11) is -3.29. The van der Waals surface area contributed by atoms with E-state index >= 15 is 4.57 Å². The van der Waals surface area contributed by atoms with Crippen molar-refractivity contribution < 1.29 is 4.57 Å². The Morgan fingerprint density at radius 3 is 1.18 bits per heavy atom. The second kappa shape index (κ2) is 10.2. The van der Waals surface area contributed by atoms with Gasteiger partial charge in [0.1, 0.15) is 0 Å². The standard InChI is InChI=1S/C36H35OP/c1-24-20-26(3)35(27(4)21-24)31-16-10-12-18-33(31)38(37,30-14-8-7-9-15-30)34-19-13-11-17-32(34)36-28(5)22-25(2)23-29(36)6/h7-23H,1-6H3. The number of hydrogen-bond donors (Lipinski definition) is 0. The maximum atomic E-state index is 16.0. The zero-order chi connectivity index (χ0) is 27.0. The normalized spacial score (nSPS) is 11.5. The minimum Gasteiger partial charge on any atom is -0.309 e. The number of aryl methyl sites for hydroxylation is 6. The van der Waals surface area contributed by atoms with Crippen molar-refractivity contribution in [2.75, 3.05) is 0 Å². The van der Waals surface area contributed by atoms with Gasteiger partial charge in [0.15, 0.2) is 7.14 Å². The van der Waals surface area contributed by atoms with Gasteiger partial charge in [0.2, 0.25) is 0 Å². The molecular weight excluding hydrogens is 479 g/mol. The quantitative estimate of drug-likeness (QED) is 0.215. The molecule has 0 saturated carbocycles. The van der Waals surface area contributed by atoms with Gasteiger partial charge in [-0.3, -0.25) is 0 Å². The van der Waals surface area contributed by atoms with Gasteiger partial charge in [-0.15, -0.1) is 0 Å². The fourth-order valence-electron chi connectivity index (χ4n) is 6.17. The fourth-order valence-corrected chi connectivity index (χ4v) is 9.23. The molecule has 0 atom stereocenters. The minimum atomic E-state index is -3.29. The van der Waals surface area contributed by atoms with Crippen molar-refractivity contribution >= 4 is 23.1 Å². The molecule has 0 aliphatic heterocycles. The highest BCUT2D eigenvalue weighted by Crippen LogP contribution is 2.49. The Kier molecular flexibility index (Phi) is 6.99. The van der Waals surface area contributed by atoms with Gasteiger partial charge in [0.25, 0.3) is 0 Å². The fraction of sp³-hybridized carbons (Fsp3) is 0.167. The third-order valence-corrected chi connectivity index (χ3v) is 10.7. The highest BCUT2D eigenvalue weighted by molar-refractivity contribution is 7.85. The predicted octanol–water partition coefficient (Wildman–Crippen LogP) is 8.51. The maximum absolute atomic E-state index is 16.0. The molecule has 5 aromatic rings. The zero-order valence-electron chi connectivity index (χ0n) is 23.2. The predicted molar refractivity (Wildman–Crippen MR) is 165 cm³/mol. The van der Waals surface area contributed by atoms with E-state index in [9.17, 15) is 0 Å². The van der Waals surface area contributed by atoms with E-state index in [0.717, 1.165) is 27.0 Å². The number of rotatable bonds is 5.